The van der Waals surface area contributed by atoms with E-state index in [1.807, 2.05) is 22.7 Å². The molecule has 2 nitrogen and oxygen atoms in total. The average Bonchev–Trinajstić information content (AvgIpc) is 3.87. The van der Waals surface area contributed by atoms with Crippen molar-refractivity contribution < 1.29 is 0 Å². The molecule has 0 fully saturated rings. The monoisotopic (exact) mass is 760 g/mol. The van der Waals surface area contributed by atoms with Crippen LogP contribution in [0.25, 0.3) is 62.5 Å². The molecule has 0 saturated carbocycles. The molecule has 0 saturated heterocycles. The fourth-order valence-corrected chi connectivity index (χ4v) is 13.4. The van der Waals surface area contributed by atoms with Gasteiger partial charge in [0.1, 0.15) is 0 Å². The molecule has 3 aromatic heterocycles. The van der Waals surface area contributed by atoms with Crippen LogP contribution in [0.1, 0.15) is 82.6 Å². The third-order valence-corrected chi connectivity index (χ3v) is 16.3. The number of anilines is 3. The first-order valence-corrected chi connectivity index (χ1v) is 22.3. The third kappa shape index (κ3) is 4.28. The van der Waals surface area contributed by atoms with Crippen LogP contribution in [0.5, 0.6) is 0 Å². The molecular weight excluding hydrogens is 716 g/mol. The van der Waals surface area contributed by atoms with Gasteiger partial charge in [-0.25, -0.2) is 0 Å². The summed E-state index contributed by atoms with van der Waals surface area (Å²) in [4.78, 5) is 2.75. The van der Waals surface area contributed by atoms with E-state index in [4.69, 9.17) is 0 Å². The Morgan fingerprint density at radius 1 is 0.643 bits per heavy atom. The van der Waals surface area contributed by atoms with Gasteiger partial charge in [0.25, 0.3) is 0 Å². The summed E-state index contributed by atoms with van der Waals surface area (Å²) >= 11 is 3.94. The Kier molecular flexibility index (Phi) is 6.78. The maximum Gasteiger partial charge on any atom is 0.333 e. The lowest BCUT2D eigenvalue weighted by Gasteiger charge is -2.45. The Morgan fingerprint density at radius 3 is 2.12 bits per heavy atom. The van der Waals surface area contributed by atoms with Gasteiger partial charge in [0, 0.05) is 53.4 Å². The lowest BCUT2D eigenvalue weighted by molar-refractivity contribution is 0.332. The Morgan fingerprint density at radius 2 is 1.34 bits per heavy atom. The molecule has 12 rings (SSSR count). The minimum Gasteiger partial charge on any atom is -0.374 e. The molecule has 5 heteroatoms. The first-order chi connectivity index (χ1) is 27.1. The molecule has 0 radical (unpaired) electrons. The molecule has 2 aliphatic heterocycles. The van der Waals surface area contributed by atoms with Crippen molar-refractivity contribution in [1.82, 2.24) is 4.48 Å². The highest BCUT2D eigenvalue weighted by molar-refractivity contribution is 7.27. The van der Waals surface area contributed by atoms with Gasteiger partial charge in [-0.05, 0) is 106 Å². The van der Waals surface area contributed by atoms with Crippen molar-refractivity contribution >= 4 is 109 Å². The first kappa shape index (κ1) is 33.3. The molecule has 56 heavy (non-hydrogen) atoms. The predicted octanol–water partition coefficient (Wildman–Crippen LogP) is 13.8. The average molecular weight is 761 g/mol. The van der Waals surface area contributed by atoms with Crippen LogP contribution in [0.2, 0.25) is 0 Å². The zero-order valence-corrected chi connectivity index (χ0v) is 34.8. The molecule has 0 bridgehead atoms. The molecule has 0 amide bonds. The normalized spacial score (nSPS) is 16.3. The van der Waals surface area contributed by atoms with Gasteiger partial charge in [-0.1, -0.05) is 120 Å². The van der Waals surface area contributed by atoms with Gasteiger partial charge < -0.3 is 9.38 Å². The maximum atomic E-state index is 2.77. The summed E-state index contributed by atoms with van der Waals surface area (Å²) in [7, 11) is 0. The van der Waals surface area contributed by atoms with Crippen LogP contribution in [-0.2, 0) is 17.3 Å². The molecule has 6 aromatic carbocycles. The number of fused-ring (bicyclic) bond motifs is 14. The van der Waals surface area contributed by atoms with Crippen LogP contribution in [0, 0.1) is 6.92 Å². The van der Waals surface area contributed by atoms with Gasteiger partial charge in [0.05, 0.1) is 20.6 Å². The van der Waals surface area contributed by atoms with Crippen LogP contribution < -0.4 is 15.8 Å². The number of nitrogens with zero attached hydrogens (tertiary/aromatic N) is 2. The summed E-state index contributed by atoms with van der Waals surface area (Å²) in [5, 5.41) is 5.46. The molecule has 0 unspecified atom stereocenters. The van der Waals surface area contributed by atoms with E-state index >= 15 is 0 Å². The van der Waals surface area contributed by atoms with Crippen LogP contribution in [0.3, 0.4) is 0 Å². The van der Waals surface area contributed by atoms with Gasteiger partial charge in [-0.2, -0.15) is 0 Å². The van der Waals surface area contributed by atoms with Crippen molar-refractivity contribution in [2.45, 2.75) is 84.5 Å². The second-order valence-electron chi connectivity index (χ2n) is 18.2. The molecule has 5 heterocycles. The van der Waals surface area contributed by atoms with Gasteiger partial charge in [0.2, 0.25) is 0 Å². The third-order valence-electron chi connectivity index (χ3n) is 13.9. The summed E-state index contributed by atoms with van der Waals surface area (Å²) < 4.78 is 8.29. The number of para-hydroxylation sites is 1. The number of aromatic nitrogens is 1. The number of hydrogen-bond acceptors (Lipinski definition) is 3. The number of rotatable bonds is 4. The number of benzene rings is 6. The van der Waals surface area contributed by atoms with Crippen molar-refractivity contribution in [2.24, 2.45) is 0 Å². The van der Waals surface area contributed by atoms with E-state index in [0.717, 1.165) is 6.42 Å². The van der Waals surface area contributed by atoms with Gasteiger partial charge in [0.15, 0.2) is 0 Å². The summed E-state index contributed by atoms with van der Waals surface area (Å²) in [6.07, 6.45) is 5.85. The number of aryl methyl sites for hydroxylation is 2. The smallest absolute Gasteiger partial charge is 0.333 e. The lowest BCUT2D eigenvalue weighted by atomic mass is 9.45. The Bertz CT molecular complexity index is 3170. The quantitative estimate of drug-likeness (QED) is 0.162. The molecule has 0 N–H and O–H groups in total. The van der Waals surface area contributed by atoms with E-state index < -0.39 is 0 Å². The highest BCUT2D eigenvalue weighted by Crippen LogP contribution is 2.54. The standard InChI is InChI=1S/C51H45BN2S2/c1-7-8-14-30-26-36-32-17-13-18-35-45(32)54(46-34-16-10-12-20-43(34)56-49(35)46)52-39-22-21-33-31-15-9-11-19-42(31)55-48(33)47(39)53(41(27-30)44(36)52)40-28-38-37(25-29(40)2)50(3,4)23-24-51(38,5)6/h9-13,15-22,25-28H,7-8,14,23-24H2,1-6H3. The zero-order chi connectivity index (χ0) is 37.8. The second kappa shape index (κ2) is 11.4. The Balaban J connectivity index is 1.27. The van der Waals surface area contributed by atoms with E-state index in [-0.39, 0.29) is 17.7 Å². The number of unbranched alkanes of at least 4 members (excludes halogenated alkanes) is 1. The largest absolute Gasteiger partial charge is 0.374 e. The topological polar surface area (TPSA) is 8.17 Å². The highest BCUT2D eigenvalue weighted by atomic mass is 32.1. The number of hydrogen-bond donors (Lipinski definition) is 0. The maximum absolute atomic E-state index is 2.77. The SMILES string of the molecule is CCCCc1cc2c3c(c1)N(c1cc4c(cc1C)C(C)(C)CCC4(C)C)c1c(ccc4c1sc1ccccc14)B3n1c3c-2cccc3c2sc3ccccc3c21. The Hall–Kier alpha value is -4.84. The van der Waals surface area contributed by atoms with Gasteiger partial charge in [-0.15, -0.1) is 22.7 Å². The van der Waals surface area contributed by atoms with Crippen LogP contribution in [0.15, 0.2) is 103 Å². The lowest BCUT2D eigenvalue weighted by Crippen LogP contribution is -2.56. The van der Waals surface area contributed by atoms with Gasteiger partial charge >= 0.3 is 6.85 Å². The predicted molar refractivity (Wildman–Crippen MR) is 247 cm³/mol. The van der Waals surface area contributed by atoms with Crippen molar-refractivity contribution in [3.8, 4) is 11.1 Å². The van der Waals surface area contributed by atoms with Crippen molar-refractivity contribution in [1.29, 1.82) is 0 Å². The molecule has 0 atom stereocenters. The summed E-state index contributed by atoms with van der Waals surface area (Å²) in [5.74, 6) is 0. The fourth-order valence-electron chi connectivity index (χ4n) is 10.9. The molecule has 0 spiro atoms. The molecular formula is C51H45BN2S2. The van der Waals surface area contributed by atoms with Crippen molar-refractivity contribution in [2.75, 3.05) is 4.90 Å². The van der Waals surface area contributed by atoms with Crippen molar-refractivity contribution in [3.63, 3.8) is 0 Å². The molecule has 3 aliphatic rings. The van der Waals surface area contributed by atoms with Crippen molar-refractivity contribution in [3.05, 3.63) is 125 Å². The Labute approximate surface area is 337 Å². The van der Waals surface area contributed by atoms with Gasteiger partial charge in [-0.3, -0.25) is 0 Å². The summed E-state index contributed by atoms with van der Waals surface area (Å²) in [6, 6.07) is 40.6. The van der Waals surface area contributed by atoms with Crippen LogP contribution >= 0.6 is 22.7 Å². The van der Waals surface area contributed by atoms with Crippen LogP contribution in [-0.4, -0.2) is 11.3 Å². The van der Waals surface area contributed by atoms with E-state index in [9.17, 15) is 0 Å². The minimum atomic E-state index is 0.0438. The van der Waals surface area contributed by atoms with E-state index in [1.165, 1.54) is 138 Å². The summed E-state index contributed by atoms with van der Waals surface area (Å²) in [6.45, 7) is 14.6. The number of thiophene rings is 2. The molecule has 274 valence electrons. The molecule has 1 aliphatic carbocycles. The minimum absolute atomic E-state index is 0.0438. The second-order valence-corrected chi connectivity index (χ2v) is 20.3. The highest BCUT2D eigenvalue weighted by Gasteiger charge is 2.45. The summed E-state index contributed by atoms with van der Waals surface area (Å²) in [5.41, 5.74) is 18.5. The van der Waals surface area contributed by atoms with Crippen LogP contribution in [0.4, 0.5) is 17.1 Å². The van der Waals surface area contributed by atoms with E-state index in [1.54, 1.807) is 0 Å². The van der Waals surface area contributed by atoms with E-state index in [0.29, 0.717) is 0 Å². The fraction of sp³-hybridized carbons (Fsp3) is 0.255. The molecule has 9 aromatic rings. The first-order valence-electron chi connectivity index (χ1n) is 20.7. The zero-order valence-electron chi connectivity index (χ0n) is 33.1. The van der Waals surface area contributed by atoms with E-state index in [2.05, 4.69) is 154 Å².